The zero-order valence-corrected chi connectivity index (χ0v) is 13.7. The van der Waals surface area contributed by atoms with E-state index in [1.165, 1.54) is 0 Å². The van der Waals surface area contributed by atoms with Crippen LogP contribution in [0.1, 0.15) is 25.7 Å². The molecule has 116 valence electrons. The molecule has 0 spiro atoms. The molecule has 2 unspecified atom stereocenters. The van der Waals surface area contributed by atoms with Gasteiger partial charge in [0.2, 0.25) is 0 Å². The number of hydrogen-bond donors (Lipinski definition) is 2. The summed E-state index contributed by atoms with van der Waals surface area (Å²) in [5, 5.41) is 41.8. The fourth-order valence-corrected chi connectivity index (χ4v) is 1.54. The molecule has 0 radical (unpaired) electrons. The Morgan fingerprint density at radius 2 is 1.09 bits per heavy atom. The summed E-state index contributed by atoms with van der Waals surface area (Å²) in [6.45, 7) is 1.22. The molecule has 2 heterocycles. The maximum atomic E-state index is 10.1. The monoisotopic (exact) mass is 312 g/mol. The van der Waals surface area contributed by atoms with Crippen molar-refractivity contribution in [1.29, 1.82) is 0 Å². The summed E-state index contributed by atoms with van der Waals surface area (Å²) in [7, 11) is -2.92. The third-order valence-electron chi connectivity index (χ3n) is 2.41. The summed E-state index contributed by atoms with van der Waals surface area (Å²) >= 11 is 0. The molecule has 2 rings (SSSR count). The van der Waals surface area contributed by atoms with E-state index in [0.29, 0.717) is 26.1 Å². The van der Waals surface area contributed by atoms with E-state index in [0.717, 1.165) is 12.8 Å². The second-order valence-electron chi connectivity index (χ2n) is 3.97. The minimum Gasteiger partial charge on any atom is -0.907 e. The molecule has 2 aliphatic heterocycles. The van der Waals surface area contributed by atoms with Crippen LogP contribution in [-0.4, -0.2) is 54.9 Å². The number of aliphatic carboxylic acids is 2. The van der Waals surface area contributed by atoms with E-state index in [9.17, 15) is 9.59 Å². The van der Waals surface area contributed by atoms with Crippen molar-refractivity contribution < 1.29 is 101 Å². The largest absolute Gasteiger partial charge is 1.00 e. The molecule has 2 aliphatic rings. The number of hydrogen-bond acceptors (Lipinski definition) is 7. The van der Waals surface area contributed by atoms with Crippen molar-refractivity contribution in [3.8, 4) is 0 Å². The summed E-state index contributed by atoms with van der Waals surface area (Å²) < 4.78 is 9.63. The van der Waals surface area contributed by atoms with Crippen molar-refractivity contribution >= 4 is 19.3 Å². The van der Waals surface area contributed by atoms with Crippen LogP contribution < -0.4 is 71.7 Å². The summed E-state index contributed by atoms with van der Waals surface area (Å²) in [6.07, 6.45) is 2.09. The number of carboxylic acid groups (broad SMARTS) is 2. The van der Waals surface area contributed by atoms with E-state index in [-0.39, 0.29) is 56.6 Å². The predicted octanol–water partition coefficient (Wildman–Crippen LogP) is -12.4. The zero-order valence-electron chi connectivity index (χ0n) is 13.7. The van der Waals surface area contributed by atoms with Crippen LogP contribution in [0.15, 0.2) is 0 Å². The molecule has 0 aromatic carbocycles. The van der Waals surface area contributed by atoms with E-state index < -0.39 is 31.5 Å². The molecule has 9 nitrogen and oxygen atoms in total. The number of carbonyl (C=O) groups is 2. The normalized spacial score (nSPS) is 20.8. The molecule has 0 amide bonds. The average Bonchev–Trinajstić information content (AvgIpc) is 3.03. The molecule has 0 aromatic rings. The Hall–Kier alpha value is 0.597. The Bertz CT molecular complexity index is 269. The first-order chi connectivity index (χ1) is 9.34. The van der Waals surface area contributed by atoms with Crippen molar-refractivity contribution in [2.24, 2.45) is 0 Å². The molecule has 0 aliphatic carbocycles. The molecule has 0 saturated carbocycles. The number of carboxylic acids is 2. The van der Waals surface area contributed by atoms with Crippen LogP contribution in [0, 0.1) is 0 Å². The van der Waals surface area contributed by atoms with Gasteiger partial charge in [-0.2, -0.15) is 0 Å². The summed E-state index contributed by atoms with van der Waals surface area (Å²) in [5.41, 5.74) is 0. The maximum Gasteiger partial charge on any atom is 1.00 e. The van der Waals surface area contributed by atoms with Crippen molar-refractivity contribution in [3.63, 3.8) is 0 Å². The molecule has 2 saturated heterocycles. The Balaban J connectivity index is -0.000000116. The minimum absolute atomic E-state index is 0. The van der Waals surface area contributed by atoms with Crippen LogP contribution in [0.3, 0.4) is 0 Å². The molecule has 2 atom stereocenters. The van der Waals surface area contributed by atoms with Crippen LogP contribution in [0.25, 0.3) is 0 Å². The van der Waals surface area contributed by atoms with Crippen molar-refractivity contribution in [3.05, 3.63) is 0 Å². The van der Waals surface area contributed by atoms with Crippen LogP contribution in [0.2, 0.25) is 0 Å². The van der Waals surface area contributed by atoms with Crippen molar-refractivity contribution in [1.82, 2.24) is 0 Å². The molecule has 23 heavy (non-hydrogen) atoms. The van der Waals surface area contributed by atoms with Gasteiger partial charge in [-0.15, -0.1) is 0 Å². The third kappa shape index (κ3) is 18.8. The van der Waals surface area contributed by atoms with Crippen molar-refractivity contribution in [2.75, 3.05) is 13.2 Å². The van der Waals surface area contributed by atoms with Crippen LogP contribution >= 0.6 is 0 Å². The molecule has 13 heteroatoms. The molecule has 0 bridgehead atoms. The fraction of sp³-hybridized carbons (Fsp3) is 0.800. The van der Waals surface area contributed by atoms with Crippen LogP contribution in [0.4, 0.5) is 0 Å². The van der Waals surface area contributed by atoms with Crippen LogP contribution in [-0.2, 0) is 19.1 Å². The van der Waals surface area contributed by atoms with Crippen molar-refractivity contribution in [2.45, 2.75) is 37.9 Å². The van der Waals surface area contributed by atoms with E-state index >= 15 is 0 Å². The molecule has 0 aromatic heterocycles. The zero-order chi connectivity index (χ0) is 15.5. The Morgan fingerprint density at radius 1 is 0.826 bits per heavy atom. The summed E-state index contributed by atoms with van der Waals surface area (Å²) in [5.74, 6) is -1.66. The van der Waals surface area contributed by atoms with Gasteiger partial charge in [-0.3, -0.25) is 7.32 Å². The van der Waals surface area contributed by atoms with Gasteiger partial charge in [0.05, 0.1) is 0 Å². The van der Waals surface area contributed by atoms with E-state index in [1.54, 1.807) is 0 Å². The molecular weight excluding hydrogens is 296 g/mol. The van der Waals surface area contributed by atoms with Gasteiger partial charge >= 0.3 is 68.5 Å². The molecule has 2 fully saturated rings. The van der Waals surface area contributed by atoms with E-state index in [2.05, 4.69) is 0 Å². The predicted molar refractivity (Wildman–Crippen MR) is 59.0 cm³/mol. The quantitative estimate of drug-likeness (QED) is 0.471. The molecular formula is C10H16BLi3O9. The Morgan fingerprint density at radius 3 is 1.17 bits per heavy atom. The van der Waals surface area contributed by atoms with Crippen LogP contribution in [0.5, 0.6) is 0 Å². The summed E-state index contributed by atoms with van der Waals surface area (Å²) in [6, 6.07) is 0. The second-order valence-corrected chi connectivity index (χ2v) is 3.97. The first kappa shape index (κ1) is 31.4. The van der Waals surface area contributed by atoms with E-state index in [4.69, 9.17) is 34.8 Å². The summed E-state index contributed by atoms with van der Waals surface area (Å²) in [4.78, 5) is 20.2. The SMILES string of the molecule is O=C(O)C1CCCO1.O=C(O)C1CCCO1.[Li+].[Li+].[Li+].[O-]B([O-])[O-]. The third-order valence-corrected chi connectivity index (χ3v) is 2.41. The van der Waals surface area contributed by atoms with Gasteiger partial charge in [0.25, 0.3) is 0 Å². The average molecular weight is 312 g/mol. The van der Waals surface area contributed by atoms with Gasteiger partial charge in [0.1, 0.15) is 0 Å². The Kier molecular flexibility index (Phi) is 25.8. The van der Waals surface area contributed by atoms with Gasteiger partial charge in [0, 0.05) is 13.2 Å². The van der Waals surface area contributed by atoms with Gasteiger partial charge in [0.15, 0.2) is 12.2 Å². The van der Waals surface area contributed by atoms with E-state index in [1.807, 2.05) is 0 Å². The second kappa shape index (κ2) is 18.9. The van der Waals surface area contributed by atoms with Gasteiger partial charge in [-0.25, -0.2) is 9.59 Å². The maximum absolute atomic E-state index is 10.1. The standard InChI is InChI=1S/2C5H8O3.BO3.3Li/c2*6-5(7)4-2-1-3-8-4;2-1(3)4;;;/h2*4H,1-3H2,(H,6,7);;;;/q;;-3;3*+1. The van der Waals surface area contributed by atoms with Gasteiger partial charge in [-0.1, -0.05) is 0 Å². The first-order valence-electron chi connectivity index (χ1n) is 6.01. The van der Waals surface area contributed by atoms with Gasteiger partial charge < -0.3 is 34.8 Å². The fourth-order valence-electron chi connectivity index (χ4n) is 1.54. The van der Waals surface area contributed by atoms with Gasteiger partial charge in [-0.05, 0) is 25.7 Å². The first-order valence-corrected chi connectivity index (χ1v) is 6.01. The number of rotatable bonds is 2. The number of ether oxygens (including phenoxy) is 2. The molecule has 2 N–H and O–H groups in total. The Labute approximate surface area is 170 Å². The minimum atomic E-state index is -2.92. The smallest absolute Gasteiger partial charge is 0.907 e. The topological polar surface area (TPSA) is 162 Å².